The third-order valence-electron chi connectivity index (χ3n) is 4.08. The van der Waals surface area contributed by atoms with Crippen molar-refractivity contribution in [2.24, 2.45) is 0 Å². The van der Waals surface area contributed by atoms with E-state index in [1.165, 1.54) is 35.2 Å². The molecule has 1 N–H and O–H groups in total. The number of hydrogen-bond donors (Lipinski definition) is 1. The van der Waals surface area contributed by atoms with Gasteiger partial charge in [0.25, 0.3) is 5.91 Å². The van der Waals surface area contributed by atoms with Crippen LogP contribution >= 0.6 is 11.6 Å². The van der Waals surface area contributed by atoms with E-state index in [9.17, 15) is 18.4 Å². The maximum absolute atomic E-state index is 13.3. The summed E-state index contributed by atoms with van der Waals surface area (Å²) in [5.41, 5.74) is 0.547. The van der Waals surface area contributed by atoms with Gasteiger partial charge in [-0.1, -0.05) is 17.7 Å². The van der Waals surface area contributed by atoms with Crippen molar-refractivity contribution in [1.82, 2.24) is 4.90 Å². The smallest absolute Gasteiger partial charge is 0.254 e. The van der Waals surface area contributed by atoms with Gasteiger partial charge < -0.3 is 10.2 Å². The number of carbonyl (C=O) groups excluding carboxylic acids is 2. The Morgan fingerprint density at radius 1 is 1.16 bits per heavy atom. The minimum Gasteiger partial charge on any atom is -0.327 e. The second kappa shape index (κ2) is 7.19. The lowest BCUT2D eigenvalue weighted by molar-refractivity contribution is -0.119. The summed E-state index contributed by atoms with van der Waals surface area (Å²) in [6.07, 6.45) is 1.17. The topological polar surface area (TPSA) is 49.4 Å². The first kappa shape index (κ1) is 17.4. The highest BCUT2D eigenvalue weighted by atomic mass is 35.5. The van der Waals surface area contributed by atoms with Gasteiger partial charge >= 0.3 is 0 Å². The molecule has 2 aromatic carbocycles. The van der Waals surface area contributed by atoms with Gasteiger partial charge in [-0.05, 0) is 49.2 Å². The van der Waals surface area contributed by atoms with Gasteiger partial charge in [0.2, 0.25) is 5.91 Å². The molecule has 0 saturated carbocycles. The zero-order valence-corrected chi connectivity index (χ0v) is 13.9. The van der Waals surface area contributed by atoms with Gasteiger partial charge in [0.1, 0.15) is 17.7 Å². The average molecular weight is 365 g/mol. The molecule has 2 amide bonds. The Hall–Kier alpha value is -2.47. The first-order chi connectivity index (χ1) is 12.0. The van der Waals surface area contributed by atoms with Crippen molar-refractivity contribution in [1.29, 1.82) is 0 Å². The fourth-order valence-corrected chi connectivity index (χ4v) is 3.05. The Kier molecular flexibility index (Phi) is 4.99. The van der Waals surface area contributed by atoms with Gasteiger partial charge in [-0.2, -0.15) is 0 Å². The molecule has 0 radical (unpaired) electrons. The van der Waals surface area contributed by atoms with Crippen LogP contribution in [0.3, 0.4) is 0 Å². The van der Waals surface area contributed by atoms with Crippen LogP contribution in [0.5, 0.6) is 0 Å². The molecule has 2 aromatic rings. The van der Waals surface area contributed by atoms with E-state index in [4.69, 9.17) is 11.6 Å². The van der Waals surface area contributed by atoms with Crippen LogP contribution < -0.4 is 5.32 Å². The van der Waals surface area contributed by atoms with E-state index < -0.39 is 23.6 Å². The van der Waals surface area contributed by atoms with Crippen LogP contribution in [0.2, 0.25) is 5.02 Å². The number of carbonyl (C=O) groups is 2. The molecule has 1 saturated heterocycles. The van der Waals surface area contributed by atoms with E-state index >= 15 is 0 Å². The highest BCUT2D eigenvalue weighted by Crippen LogP contribution is 2.24. The highest BCUT2D eigenvalue weighted by Gasteiger charge is 2.34. The van der Waals surface area contributed by atoms with Gasteiger partial charge in [-0.3, -0.25) is 9.59 Å². The quantitative estimate of drug-likeness (QED) is 0.899. The van der Waals surface area contributed by atoms with Crippen molar-refractivity contribution < 1.29 is 18.4 Å². The first-order valence-electron chi connectivity index (χ1n) is 7.78. The van der Waals surface area contributed by atoms with E-state index in [0.29, 0.717) is 25.1 Å². The summed E-state index contributed by atoms with van der Waals surface area (Å²) in [6, 6.07) is 8.56. The lowest BCUT2D eigenvalue weighted by Gasteiger charge is -2.24. The third-order valence-corrected chi connectivity index (χ3v) is 4.36. The summed E-state index contributed by atoms with van der Waals surface area (Å²) < 4.78 is 26.5. The van der Waals surface area contributed by atoms with Gasteiger partial charge in [-0.15, -0.1) is 0 Å². The standard InChI is InChI=1S/C18H15ClF2N2O2/c19-14-10-13(6-7-15(14)21)22-17(24)16-5-2-8-23(16)18(25)11-3-1-4-12(20)9-11/h1,3-4,6-7,9-10,16H,2,5,8H2,(H,22,24)/t16-/m1/s1. The minimum absolute atomic E-state index is 0.100. The molecule has 0 unspecified atom stereocenters. The number of halogens is 3. The van der Waals surface area contributed by atoms with Crippen molar-refractivity contribution >= 4 is 29.1 Å². The van der Waals surface area contributed by atoms with Crippen LogP contribution in [0.1, 0.15) is 23.2 Å². The first-order valence-corrected chi connectivity index (χ1v) is 8.16. The number of rotatable bonds is 3. The largest absolute Gasteiger partial charge is 0.327 e. The fourth-order valence-electron chi connectivity index (χ4n) is 2.87. The monoisotopic (exact) mass is 364 g/mol. The molecular formula is C18H15ClF2N2O2. The lowest BCUT2D eigenvalue weighted by Crippen LogP contribution is -2.43. The third kappa shape index (κ3) is 3.79. The van der Waals surface area contributed by atoms with Crippen LogP contribution in [0.15, 0.2) is 42.5 Å². The molecule has 4 nitrogen and oxygen atoms in total. The number of hydrogen-bond acceptors (Lipinski definition) is 2. The molecule has 1 aliphatic rings. The Morgan fingerprint density at radius 3 is 2.68 bits per heavy atom. The maximum atomic E-state index is 13.3. The summed E-state index contributed by atoms with van der Waals surface area (Å²) in [6.45, 7) is 0.414. The maximum Gasteiger partial charge on any atom is 0.254 e. The van der Waals surface area contributed by atoms with Crippen molar-refractivity contribution in [3.05, 3.63) is 64.7 Å². The number of nitrogens with zero attached hydrogens (tertiary/aromatic N) is 1. The molecule has 0 aliphatic carbocycles. The van der Waals surface area contributed by atoms with Crippen LogP contribution in [0.4, 0.5) is 14.5 Å². The molecule has 3 rings (SSSR count). The van der Waals surface area contributed by atoms with E-state index in [1.54, 1.807) is 0 Å². The zero-order valence-electron chi connectivity index (χ0n) is 13.1. The lowest BCUT2D eigenvalue weighted by atomic mass is 10.1. The minimum atomic E-state index is -0.667. The Morgan fingerprint density at radius 2 is 1.96 bits per heavy atom. The molecular weight excluding hydrogens is 350 g/mol. The van der Waals surface area contributed by atoms with E-state index in [0.717, 1.165) is 12.1 Å². The van der Waals surface area contributed by atoms with Crippen molar-refractivity contribution in [3.63, 3.8) is 0 Å². The molecule has 130 valence electrons. The summed E-state index contributed by atoms with van der Waals surface area (Å²) >= 11 is 5.70. The van der Waals surface area contributed by atoms with E-state index in [1.807, 2.05) is 0 Å². The number of likely N-dealkylation sites (tertiary alicyclic amines) is 1. The van der Waals surface area contributed by atoms with Crippen molar-refractivity contribution in [2.45, 2.75) is 18.9 Å². The predicted molar refractivity (Wildman–Crippen MR) is 90.5 cm³/mol. The summed E-state index contributed by atoms with van der Waals surface area (Å²) in [5.74, 6) is -1.87. The molecule has 25 heavy (non-hydrogen) atoms. The molecule has 0 spiro atoms. The number of nitrogens with one attached hydrogen (secondary N) is 1. The van der Waals surface area contributed by atoms with Crippen molar-refractivity contribution in [2.75, 3.05) is 11.9 Å². The van der Waals surface area contributed by atoms with Gasteiger partial charge in [0.15, 0.2) is 0 Å². The molecule has 1 heterocycles. The molecule has 1 atom stereocenters. The van der Waals surface area contributed by atoms with Crippen LogP contribution in [-0.2, 0) is 4.79 Å². The molecule has 0 bridgehead atoms. The normalized spacial score (nSPS) is 16.8. The molecule has 1 fully saturated rings. The highest BCUT2D eigenvalue weighted by molar-refractivity contribution is 6.31. The Balaban J connectivity index is 1.75. The summed E-state index contributed by atoms with van der Waals surface area (Å²) in [4.78, 5) is 26.5. The van der Waals surface area contributed by atoms with Gasteiger partial charge in [0, 0.05) is 17.8 Å². The number of amides is 2. The van der Waals surface area contributed by atoms with Gasteiger partial charge in [-0.25, -0.2) is 8.78 Å². The molecule has 0 aromatic heterocycles. The predicted octanol–water partition coefficient (Wildman–Crippen LogP) is 3.86. The summed E-state index contributed by atoms with van der Waals surface area (Å²) in [5, 5.41) is 2.54. The van der Waals surface area contributed by atoms with E-state index in [-0.39, 0.29) is 16.5 Å². The fraction of sp³-hybridized carbons (Fsp3) is 0.222. The van der Waals surface area contributed by atoms with Gasteiger partial charge in [0.05, 0.1) is 5.02 Å². The Bertz CT molecular complexity index is 828. The van der Waals surface area contributed by atoms with Crippen LogP contribution in [-0.4, -0.2) is 29.3 Å². The second-order valence-corrected chi connectivity index (χ2v) is 6.19. The second-order valence-electron chi connectivity index (χ2n) is 5.79. The van der Waals surface area contributed by atoms with Crippen molar-refractivity contribution in [3.8, 4) is 0 Å². The zero-order chi connectivity index (χ0) is 18.0. The summed E-state index contributed by atoms with van der Waals surface area (Å²) in [7, 11) is 0. The number of anilines is 1. The number of benzene rings is 2. The van der Waals surface area contributed by atoms with E-state index in [2.05, 4.69) is 5.32 Å². The van der Waals surface area contributed by atoms with Crippen LogP contribution in [0, 0.1) is 11.6 Å². The molecule has 1 aliphatic heterocycles. The Labute approximate surface area is 148 Å². The molecule has 7 heteroatoms. The average Bonchev–Trinajstić information content (AvgIpc) is 3.07. The van der Waals surface area contributed by atoms with Crippen LogP contribution in [0.25, 0.3) is 0 Å². The SMILES string of the molecule is O=C(Nc1ccc(F)c(Cl)c1)[C@H]1CCCN1C(=O)c1cccc(F)c1.